The molecule has 1 saturated carbocycles. The zero-order valence-corrected chi connectivity index (χ0v) is 19.3. The molecular formula is C20H38N6O7. The first kappa shape index (κ1) is 30.1. The van der Waals surface area contributed by atoms with Crippen molar-refractivity contribution in [3.8, 4) is 0 Å². The molecule has 0 saturated heterocycles. The number of aliphatic hydroxyl groups is 1. The van der Waals surface area contributed by atoms with Crippen LogP contribution in [-0.4, -0.2) is 69.3 Å². The van der Waals surface area contributed by atoms with Crippen molar-refractivity contribution in [3.63, 3.8) is 0 Å². The lowest BCUT2D eigenvalue weighted by Gasteiger charge is -2.35. The van der Waals surface area contributed by atoms with Crippen molar-refractivity contribution in [1.29, 1.82) is 0 Å². The van der Waals surface area contributed by atoms with Gasteiger partial charge in [-0.15, -0.1) is 0 Å². The largest absolute Gasteiger partial charge is 0.481 e. The summed E-state index contributed by atoms with van der Waals surface area (Å²) in [7, 11) is 0. The number of nitrogens with two attached hydrogens (primary N) is 4. The summed E-state index contributed by atoms with van der Waals surface area (Å²) < 4.78 is 0. The number of carbonyl (C=O) groups is 4. The zero-order valence-electron chi connectivity index (χ0n) is 19.3. The molecule has 1 rings (SSSR count). The number of carboxylic acid groups (broad SMARTS) is 2. The highest BCUT2D eigenvalue weighted by Crippen LogP contribution is 2.39. The summed E-state index contributed by atoms with van der Waals surface area (Å²) in [6, 6.07) is -1.89. The van der Waals surface area contributed by atoms with E-state index in [4.69, 9.17) is 28.0 Å². The Morgan fingerprint density at radius 2 is 1.64 bits per heavy atom. The number of rotatable bonds is 11. The first-order chi connectivity index (χ1) is 15.3. The van der Waals surface area contributed by atoms with Gasteiger partial charge in [-0.05, 0) is 18.8 Å². The number of nitrogens with zero attached hydrogens (tertiary/aromatic N) is 1. The smallest absolute Gasteiger partial charge is 0.320 e. The second-order valence-electron chi connectivity index (χ2n) is 8.12. The highest BCUT2D eigenvalue weighted by atomic mass is 16.4. The quantitative estimate of drug-likeness (QED) is 0.124. The monoisotopic (exact) mass is 474 g/mol. The summed E-state index contributed by atoms with van der Waals surface area (Å²) >= 11 is 0. The fraction of sp³-hybridized carbons (Fsp3) is 0.750. The van der Waals surface area contributed by atoms with Crippen LogP contribution in [0.25, 0.3) is 0 Å². The van der Waals surface area contributed by atoms with Gasteiger partial charge in [-0.25, -0.2) is 4.99 Å². The lowest BCUT2D eigenvalue weighted by Crippen LogP contribution is -2.51. The lowest BCUT2D eigenvalue weighted by molar-refractivity contribution is -0.145. The van der Waals surface area contributed by atoms with E-state index < -0.39 is 47.9 Å². The number of hydrogen-bond acceptors (Lipinski definition) is 7. The first-order valence-electron chi connectivity index (χ1n) is 10.8. The van der Waals surface area contributed by atoms with Crippen LogP contribution in [0.5, 0.6) is 0 Å². The van der Waals surface area contributed by atoms with Gasteiger partial charge in [0.2, 0.25) is 11.8 Å². The van der Waals surface area contributed by atoms with Gasteiger partial charge in [0.05, 0.1) is 18.1 Å². The number of hydrogen-bond donors (Lipinski definition) is 8. The minimum atomic E-state index is -1.11. The van der Waals surface area contributed by atoms with Gasteiger partial charge in [0, 0.05) is 25.3 Å². The second kappa shape index (κ2) is 14.3. The molecule has 12 N–H and O–H groups in total. The van der Waals surface area contributed by atoms with E-state index in [1.54, 1.807) is 0 Å². The van der Waals surface area contributed by atoms with E-state index in [1.165, 1.54) is 6.92 Å². The topological polar surface area (TPSA) is 257 Å². The van der Waals surface area contributed by atoms with Crippen LogP contribution in [0.1, 0.15) is 52.9 Å². The molecule has 0 aromatic rings. The molecule has 0 spiro atoms. The number of nitrogens with one attached hydrogen (secondary N) is 1. The third-order valence-corrected chi connectivity index (χ3v) is 5.74. The molecule has 13 nitrogen and oxygen atoms in total. The lowest BCUT2D eigenvalue weighted by atomic mass is 9.80. The summed E-state index contributed by atoms with van der Waals surface area (Å²) in [6.07, 6.45) is 0.736. The normalized spacial score (nSPS) is 23.6. The Morgan fingerprint density at radius 3 is 2.00 bits per heavy atom. The Bertz CT molecular complexity index is 709. The number of carboxylic acids is 2. The van der Waals surface area contributed by atoms with E-state index >= 15 is 0 Å². The van der Waals surface area contributed by atoms with Crippen LogP contribution in [0.4, 0.5) is 0 Å². The third-order valence-electron chi connectivity index (χ3n) is 5.74. The van der Waals surface area contributed by atoms with Crippen LogP contribution < -0.4 is 28.3 Å². The minimum absolute atomic E-state index is 0.0213. The van der Waals surface area contributed by atoms with Crippen molar-refractivity contribution in [2.75, 3.05) is 0 Å². The molecule has 0 radical (unpaired) electrons. The summed E-state index contributed by atoms with van der Waals surface area (Å²) in [4.78, 5) is 47.2. The van der Waals surface area contributed by atoms with Crippen molar-refractivity contribution < 1.29 is 34.5 Å². The van der Waals surface area contributed by atoms with Gasteiger partial charge < -0.3 is 43.6 Å². The minimum Gasteiger partial charge on any atom is -0.481 e. The number of carbonyl (C=O) groups excluding carboxylic acids is 2. The first-order valence-corrected chi connectivity index (χ1v) is 10.8. The predicted octanol–water partition coefficient (Wildman–Crippen LogP) is -1.69. The number of primary amides is 1. The van der Waals surface area contributed by atoms with Crippen LogP contribution >= 0.6 is 0 Å². The number of amides is 2. The molecule has 190 valence electrons. The van der Waals surface area contributed by atoms with Crippen molar-refractivity contribution in [2.24, 2.45) is 45.7 Å². The van der Waals surface area contributed by atoms with Crippen molar-refractivity contribution >= 4 is 29.7 Å². The van der Waals surface area contributed by atoms with Crippen LogP contribution in [0.2, 0.25) is 0 Å². The molecule has 1 fully saturated rings. The zero-order chi connectivity index (χ0) is 25.9. The van der Waals surface area contributed by atoms with E-state index in [0.717, 1.165) is 12.8 Å². The molecule has 1 aliphatic rings. The van der Waals surface area contributed by atoms with Gasteiger partial charge in [-0.1, -0.05) is 26.7 Å². The maximum absolute atomic E-state index is 11.6. The second-order valence-corrected chi connectivity index (χ2v) is 8.12. The molecule has 1 aliphatic carbocycles. The molecule has 0 bridgehead atoms. The average molecular weight is 475 g/mol. The molecule has 0 aromatic carbocycles. The van der Waals surface area contributed by atoms with E-state index in [-0.39, 0.29) is 43.1 Å². The Hall–Kier alpha value is -2.93. The molecule has 0 aliphatic heterocycles. The molecular weight excluding hydrogens is 436 g/mol. The molecule has 0 aromatic heterocycles. The predicted molar refractivity (Wildman–Crippen MR) is 121 cm³/mol. The highest BCUT2D eigenvalue weighted by molar-refractivity contribution is 5.77. The van der Waals surface area contributed by atoms with E-state index in [2.05, 4.69) is 10.3 Å². The molecule has 0 heterocycles. The molecule has 1 unspecified atom stereocenters. The summed E-state index contributed by atoms with van der Waals surface area (Å²) in [5, 5.41) is 30.9. The van der Waals surface area contributed by atoms with Gasteiger partial charge in [-0.3, -0.25) is 19.2 Å². The Balaban J connectivity index is 0.000000861. The van der Waals surface area contributed by atoms with Gasteiger partial charge >= 0.3 is 11.9 Å². The molecule has 13 heteroatoms. The van der Waals surface area contributed by atoms with E-state index in [1.807, 2.05) is 13.8 Å². The highest BCUT2D eigenvalue weighted by Gasteiger charge is 2.50. The Morgan fingerprint density at radius 1 is 1.09 bits per heavy atom. The maximum Gasteiger partial charge on any atom is 0.320 e. The number of aliphatic carboxylic acids is 2. The van der Waals surface area contributed by atoms with E-state index in [0.29, 0.717) is 0 Å². The standard InChI is InChI=1S/C15H28N4O4.C5H10N2O3/c1-4-8(5-2)12(18-7(3)20)11-10(19-15(16)17)6-9(13(11)21)14(22)23;6-3(5(9)10)1-2-4(7)8/h8-13,21H,4-6H2,1-3H3,(H,18,20)(H,22,23)(H4,16,17,19);3H,1-2,6H2,(H2,7,8)(H,9,10)/t9-,10+,11+,12-,13+;/m0./s1. The number of aliphatic imine (C=N–C) groups is 1. The van der Waals surface area contributed by atoms with Crippen LogP contribution in [0.15, 0.2) is 4.99 Å². The van der Waals surface area contributed by atoms with Gasteiger partial charge in [-0.2, -0.15) is 0 Å². The Kier molecular flexibility index (Phi) is 13.0. The van der Waals surface area contributed by atoms with Gasteiger partial charge in [0.25, 0.3) is 0 Å². The molecule has 6 atom stereocenters. The molecule has 2 amide bonds. The fourth-order valence-corrected chi connectivity index (χ4v) is 4.06. The van der Waals surface area contributed by atoms with Crippen LogP contribution in [-0.2, 0) is 19.2 Å². The third kappa shape index (κ3) is 10.0. The van der Waals surface area contributed by atoms with Gasteiger partial charge in [0.15, 0.2) is 5.96 Å². The summed E-state index contributed by atoms with van der Waals surface area (Å²) in [6.45, 7) is 5.39. The van der Waals surface area contributed by atoms with Crippen molar-refractivity contribution in [3.05, 3.63) is 0 Å². The number of aliphatic hydroxyl groups excluding tert-OH is 1. The van der Waals surface area contributed by atoms with Gasteiger partial charge in [0.1, 0.15) is 6.04 Å². The summed E-state index contributed by atoms with van der Waals surface area (Å²) in [5.41, 5.74) is 20.7. The molecule has 33 heavy (non-hydrogen) atoms. The van der Waals surface area contributed by atoms with Crippen LogP contribution in [0, 0.1) is 17.8 Å². The maximum atomic E-state index is 11.6. The number of guanidine groups is 1. The van der Waals surface area contributed by atoms with Crippen molar-refractivity contribution in [1.82, 2.24) is 5.32 Å². The van der Waals surface area contributed by atoms with Crippen molar-refractivity contribution in [2.45, 2.75) is 77.1 Å². The average Bonchev–Trinajstić information content (AvgIpc) is 3.01. The SMILES string of the molecule is CCC(CC)[C@H](NC(C)=O)[C@@H]1[C@H](O)[C@@H](C(=O)O)C[C@H]1N=C(N)N.NC(=O)CCC(N)C(=O)O. The summed E-state index contributed by atoms with van der Waals surface area (Å²) in [5.74, 6) is -4.48. The van der Waals surface area contributed by atoms with E-state index in [9.17, 15) is 29.4 Å². The van der Waals surface area contributed by atoms with Crippen LogP contribution in [0.3, 0.4) is 0 Å². The fourth-order valence-electron chi connectivity index (χ4n) is 4.06. The Labute approximate surface area is 193 Å².